The number of alkyl halides is 1. The van der Waals surface area contributed by atoms with Crippen LogP contribution >= 0.6 is 15.9 Å². The zero-order valence-corrected chi connectivity index (χ0v) is 9.71. The van der Waals surface area contributed by atoms with Crippen molar-refractivity contribution < 1.29 is 9.53 Å². The van der Waals surface area contributed by atoms with E-state index in [9.17, 15) is 4.79 Å². The smallest absolute Gasteiger partial charge is 0.302 e. The molecule has 0 atom stereocenters. The Morgan fingerprint density at radius 2 is 2.14 bits per heavy atom. The van der Waals surface area contributed by atoms with Crippen LogP contribution in [0.1, 0.15) is 18.1 Å². The topological polar surface area (TPSA) is 26.3 Å². The Kier molecular flexibility index (Phi) is 4.66. The lowest BCUT2D eigenvalue weighted by atomic mass is 10.1. The second kappa shape index (κ2) is 5.81. The summed E-state index contributed by atoms with van der Waals surface area (Å²) in [5.41, 5.74) is 2.30. The maximum absolute atomic E-state index is 10.6. The number of carbonyl (C=O) groups excluding carboxylic acids is 1. The van der Waals surface area contributed by atoms with Crippen molar-refractivity contribution in [3.05, 3.63) is 35.4 Å². The van der Waals surface area contributed by atoms with Crippen molar-refractivity contribution in [1.82, 2.24) is 0 Å². The summed E-state index contributed by atoms with van der Waals surface area (Å²) >= 11 is 3.39. The van der Waals surface area contributed by atoms with Crippen molar-refractivity contribution in [2.24, 2.45) is 0 Å². The Morgan fingerprint density at radius 1 is 1.43 bits per heavy atom. The molecule has 0 spiro atoms. The molecule has 0 amide bonds. The minimum absolute atomic E-state index is 0.240. The van der Waals surface area contributed by atoms with Crippen molar-refractivity contribution >= 4 is 21.9 Å². The van der Waals surface area contributed by atoms with Crippen molar-refractivity contribution in [3.63, 3.8) is 0 Å². The van der Waals surface area contributed by atoms with Gasteiger partial charge in [-0.25, -0.2) is 0 Å². The average Bonchev–Trinajstić information content (AvgIpc) is 2.16. The van der Waals surface area contributed by atoms with E-state index in [1.54, 1.807) is 0 Å². The maximum Gasteiger partial charge on any atom is 0.302 e. The Morgan fingerprint density at radius 3 is 2.79 bits per heavy atom. The van der Waals surface area contributed by atoms with Gasteiger partial charge in [0.15, 0.2) is 0 Å². The number of aryl methyl sites for hydroxylation is 1. The average molecular weight is 257 g/mol. The van der Waals surface area contributed by atoms with Crippen molar-refractivity contribution in [2.45, 2.75) is 20.0 Å². The van der Waals surface area contributed by atoms with Gasteiger partial charge in [-0.05, 0) is 17.5 Å². The number of esters is 1. The summed E-state index contributed by atoms with van der Waals surface area (Å²) in [5, 5.41) is 0.948. The van der Waals surface area contributed by atoms with Gasteiger partial charge >= 0.3 is 5.97 Å². The third-order valence-corrected chi connectivity index (χ3v) is 2.21. The SMILES string of the molecule is CC(=O)OCc1cccc(CCBr)c1. The van der Waals surface area contributed by atoms with Gasteiger partial charge in [0.1, 0.15) is 6.61 Å². The first-order chi connectivity index (χ1) is 6.72. The number of benzene rings is 1. The van der Waals surface area contributed by atoms with Crippen LogP contribution in [0.4, 0.5) is 0 Å². The molecular formula is C11H13BrO2. The normalized spacial score (nSPS) is 9.86. The van der Waals surface area contributed by atoms with E-state index in [0.29, 0.717) is 6.61 Å². The van der Waals surface area contributed by atoms with Gasteiger partial charge in [-0.1, -0.05) is 40.2 Å². The molecule has 2 nitrogen and oxygen atoms in total. The molecule has 0 N–H and O–H groups in total. The summed E-state index contributed by atoms with van der Waals surface area (Å²) in [6, 6.07) is 8.07. The predicted octanol–water partition coefficient (Wildman–Crippen LogP) is 2.69. The molecule has 1 rings (SSSR count). The lowest BCUT2D eigenvalue weighted by molar-refractivity contribution is -0.142. The molecule has 76 valence electrons. The second-order valence-electron chi connectivity index (χ2n) is 3.04. The van der Waals surface area contributed by atoms with Crippen LogP contribution in [0.15, 0.2) is 24.3 Å². The van der Waals surface area contributed by atoms with Crippen LogP contribution in [0.25, 0.3) is 0 Å². The van der Waals surface area contributed by atoms with Crippen LogP contribution in [-0.2, 0) is 22.6 Å². The highest BCUT2D eigenvalue weighted by Crippen LogP contribution is 2.08. The van der Waals surface area contributed by atoms with Gasteiger partial charge in [-0.15, -0.1) is 0 Å². The fourth-order valence-corrected chi connectivity index (χ4v) is 1.63. The van der Waals surface area contributed by atoms with E-state index >= 15 is 0 Å². The quantitative estimate of drug-likeness (QED) is 0.612. The number of hydrogen-bond donors (Lipinski definition) is 0. The molecule has 0 fully saturated rings. The summed E-state index contributed by atoms with van der Waals surface area (Å²) in [6.45, 7) is 1.79. The number of carbonyl (C=O) groups is 1. The first kappa shape index (κ1) is 11.2. The lowest BCUT2D eigenvalue weighted by Gasteiger charge is -2.04. The molecule has 3 heteroatoms. The summed E-state index contributed by atoms with van der Waals surface area (Å²) in [4.78, 5) is 10.6. The zero-order chi connectivity index (χ0) is 10.4. The number of hydrogen-bond acceptors (Lipinski definition) is 2. The largest absolute Gasteiger partial charge is 0.461 e. The van der Waals surface area contributed by atoms with E-state index < -0.39 is 0 Å². The highest BCUT2D eigenvalue weighted by atomic mass is 79.9. The van der Waals surface area contributed by atoms with Gasteiger partial charge in [0.25, 0.3) is 0 Å². The third kappa shape index (κ3) is 3.92. The number of rotatable bonds is 4. The predicted molar refractivity (Wildman–Crippen MR) is 59.4 cm³/mol. The van der Waals surface area contributed by atoms with E-state index in [4.69, 9.17) is 4.74 Å². The van der Waals surface area contributed by atoms with E-state index in [-0.39, 0.29) is 5.97 Å². The molecule has 0 saturated carbocycles. The molecule has 0 radical (unpaired) electrons. The first-order valence-corrected chi connectivity index (χ1v) is 5.61. The fraction of sp³-hybridized carbons (Fsp3) is 0.364. The zero-order valence-electron chi connectivity index (χ0n) is 8.13. The first-order valence-electron chi connectivity index (χ1n) is 4.49. The molecular weight excluding hydrogens is 244 g/mol. The van der Waals surface area contributed by atoms with Crippen molar-refractivity contribution in [2.75, 3.05) is 5.33 Å². The molecule has 0 saturated heterocycles. The highest BCUT2D eigenvalue weighted by molar-refractivity contribution is 9.09. The van der Waals surface area contributed by atoms with Crippen LogP contribution in [-0.4, -0.2) is 11.3 Å². The van der Waals surface area contributed by atoms with E-state index in [2.05, 4.69) is 28.1 Å². The fourth-order valence-electron chi connectivity index (χ4n) is 1.17. The van der Waals surface area contributed by atoms with Crippen LogP contribution in [0.3, 0.4) is 0 Å². The summed E-state index contributed by atoms with van der Waals surface area (Å²) < 4.78 is 4.91. The van der Waals surface area contributed by atoms with Gasteiger partial charge < -0.3 is 4.74 Å². The van der Waals surface area contributed by atoms with E-state index in [1.807, 2.05) is 12.1 Å². The third-order valence-electron chi connectivity index (χ3n) is 1.82. The minimum Gasteiger partial charge on any atom is -0.461 e. The van der Waals surface area contributed by atoms with Gasteiger partial charge in [0.05, 0.1) is 0 Å². The molecule has 0 bridgehead atoms. The monoisotopic (exact) mass is 256 g/mol. The Balaban J connectivity index is 2.58. The molecule has 0 heterocycles. The summed E-state index contributed by atoms with van der Waals surface area (Å²) in [5.74, 6) is -0.240. The van der Waals surface area contributed by atoms with E-state index in [0.717, 1.165) is 17.3 Å². The van der Waals surface area contributed by atoms with Gasteiger partial charge in [-0.2, -0.15) is 0 Å². The molecule has 0 unspecified atom stereocenters. The Labute approximate surface area is 92.4 Å². The molecule has 0 aliphatic rings. The number of halogens is 1. The van der Waals surface area contributed by atoms with Crippen LogP contribution in [0.2, 0.25) is 0 Å². The minimum atomic E-state index is -0.240. The molecule has 0 aliphatic heterocycles. The molecule has 0 aromatic heterocycles. The van der Waals surface area contributed by atoms with Gasteiger partial charge in [0.2, 0.25) is 0 Å². The van der Waals surface area contributed by atoms with Crippen LogP contribution < -0.4 is 0 Å². The Bertz CT molecular complexity index is 310. The number of ether oxygens (including phenoxy) is 1. The van der Waals surface area contributed by atoms with Gasteiger partial charge in [0, 0.05) is 12.3 Å². The molecule has 1 aromatic rings. The standard InChI is InChI=1S/C11H13BrO2/c1-9(13)14-8-11-4-2-3-10(7-11)5-6-12/h2-4,7H,5-6,8H2,1H3. The molecule has 14 heavy (non-hydrogen) atoms. The van der Waals surface area contributed by atoms with Gasteiger partial charge in [-0.3, -0.25) is 4.79 Å². The highest BCUT2D eigenvalue weighted by Gasteiger charge is 1.97. The summed E-state index contributed by atoms with van der Waals surface area (Å²) in [7, 11) is 0. The van der Waals surface area contributed by atoms with Crippen LogP contribution in [0.5, 0.6) is 0 Å². The molecule has 0 aliphatic carbocycles. The Hall–Kier alpha value is -0.830. The lowest BCUT2D eigenvalue weighted by Crippen LogP contribution is -1.99. The van der Waals surface area contributed by atoms with E-state index in [1.165, 1.54) is 12.5 Å². The second-order valence-corrected chi connectivity index (χ2v) is 3.83. The van der Waals surface area contributed by atoms with Crippen molar-refractivity contribution in [3.8, 4) is 0 Å². The molecule has 1 aromatic carbocycles. The summed E-state index contributed by atoms with van der Waals surface area (Å²) in [6.07, 6.45) is 0.994. The van der Waals surface area contributed by atoms with Crippen LogP contribution in [0, 0.1) is 0 Å². The van der Waals surface area contributed by atoms with Crippen molar-refractivity contribution in [1.29, 1.82) is 0 Å². The maximum atomic E-state index is 10.6.